The van der Waals surface area contributed by atoms with Gasteiger partial charge in [-0.25, -0.2) is 4.79 Å². The molecule has 0 aromatic carbocycles. The number of cyclic esters (lactones) is 2. The number of amides is 1. The number of rotatable bonds is 3. The second kappa shape index (κ2) is 5.90. The number of alkyl halides is 3. The van der Waals surface area contributed by atoms with E-state index in [-0.39, 0.29) is 11.8 Å². The molecule has 3 unspecified atom stereocenters. The second-order valence-corrected chi connectivity index (χ2v) is 5.20. The van der Waals surface area contributed by atoms with E-state index in [0.29, 0.717) is 0 Å². The summed E-state index contributed by atoms with van der Waals surface area (Å²) in [5.41, 5.74) is -1.53. The van der Waals surface area contributed by atoms with Crippen molar-refractivity contribution >= 4 is 40.9 Å². The van der Waals surface area contributed by atoms with E-state index in [2.05, 4.69) is 22.1 Å². The Bertz CT molecular complexity index is 402. The summed E-state index contributed by atoms with van der Waals surface area (Å²) in [4.78, 5) is 32.4. The highest BCUT2D eigenvalue weighted by Crippen LogP contribution is 2.35. The molecule has 1 amide bonds. The topological polar surface area (TPSA) is 81.7 Å². The first-order chi connectivity index (χ1) is 8.61. The average molecular weight is 319 g/mol. The molecule has 1 saturated heterocycles. The van der Waals surface area contributed by atoms with Gasteiger partial charge in [0.05, 0.1) is 0 Å². The van der Waals surface area contributed by atoms with Crippen LogP contribution >= 0.6 is 24.4 Å². The van der Waals surface area contributed by atoms with Crippen molar-refractivity contribution in [1.29, 1.82) is 0 Å². The molecule has 0 aliphatic carbocycles. The predicted molar refractivity (Wildman–Crippen MR) is 60.8 cm³/mol. The number of halogens is 3. The van der Waals surface area contributed by atoms with Crippen LogP contribution in [0.1, 0.15) is 6.92 Å². The first-order valence-electron chi connectivity index (χ1n) is 4.72. The zero-order valence-electron chi connectivity index (χ0n) is 9.26. The van der Waals surface area contributed by atoms with Crippen molar-refractivity contribution in [3.05, 3.63) is 0 Å². The van der Waals surface area contributed by atoms with E-state index in [1.54, 1.807) is 5.32 Å². The third-order valence-corrected chi connectivity index (χ3v) is 3.08. The number of carbonyl (C=O) groups is 3. The average Bonchev–Trinajstić information content (AvgIpc) is 2.52. The monoisotopic (exact) mass is 319 g/mol. The summed E-state index contributed by atoms with van der Waals surface area (Å²) in [7, 11) is 0. The van der Waals surface area contributed by atoms with Crippen LogP contribution in [-0.2, 0) is 14.3 Å². The van der Waals surface area contributed by atoms with Crippen LogP contribution in [0.15, 0.2) is 0 Å². The zero-order valence-corrected chi connectivity index (χ0v) is 11.0. The van der Waals surface area contributed by atoms with E-state index in [0.717, 1.165) is 6.92 Å². The molecule has 108 valence electrons. The third kappa shape index (κ3) is 4.49. The van der Waals surface area contributed by atoms with Gasteiger partial charge in [-0.2, -0.15) is 13.2 Å². The van der Waals surface area contributed by atoms with Crippen LogP contribution in [-0.4, -0.2) is 40.3 Å². The van der Waals surface area contributed by atoms with Crippen LogP contribution in [0.3, 0.4) is 0 Å². The summed E-state index contributed by atoms with van der Waals surface area (Å²) < 4.78 is 46.3. The van der Waals surface area contributed by atoms with E-state index in [1.807, 2.05) is 0 Å². The Labute approximate surface area is 114 Å². The second-order valence-electron chi connectivity index (χ2n) is 3.42. The van der Waals surface area contributed by atoms with Gasteiger partial charge in [-0.15, -0.1) is 0 Å². The Balaban J connectivity index is 2.95. The largest absolute Gasteiger partial charge is 0.510 e. The molecule has 1 aliphatic heterocycles. The molecule has 6 nitrogen and oxygen atoms in total. The van der Waals surface area contributed by atoms with Gasteiger partial charge in [0.15, 0.2) is 17.6 Å². The highest BCUT2D eigenvalue weighted by atomic mass is 32.2. The molecule has 0 spiro atoms. The van der Waals surface area contributed by atoms with Gasteiger partial charge in [-0.3, -0.25) is 9.59 Å². The zero-order chi connectivity index (χ0) is 14.8. The molecule has 1 fully saturated rings. The van der Waals surface area contributed by atoms with Crippen molar-refractivity contribution in [2.24, 2.45) is 0 Å². The maximum absolute atomic E-state index is 12.8. The minimum absolute atomic E-state index is 0.251. The van der Waals surface area contributed by atoms with E-state index in [9.17, 15) is 27.6 Å². The van der Waals surface area contributed by atoms with Crippen molar-refractivity contribution in [2.45, 2.75) is 30.7 Å². The van der Waals surface area contributed by atoms with Crippen LogP contribution in [0.5, 0.6) is 0 Å². The van der Waals surface area contributed by atoms with Crippen LogP contribution in [0.2, 0.25) is 0 Å². The molecule has 3 atom stereocenters. The van der Waals surface area contributed by atoms with Gasteiger partial charge in [-0.1, -0.05) is 12.6 Å². The quantitative estimate of drug-likeness (QED) is 0.609. The summed E-state index contributed by atoms with van der Waals surface area (Å²) >= 11 is 3.61. The lowest BCUT2D eigenvalue weighted by molar-refractivity contribution is -0.178. The number of hydrogen-bond donors (Lipinski definition) is 2. The first-order valence-corrected chi connectivity index (χ1v) is 6.04. The lowest BCUT2D eigenvalue weighted by Crippen LogP contribution is -2.54. The molecule has 1 rings (SSSR count). The molecule has 0 aromatic heterocycles. The lowest BCUT2D eigenvalue weighted by atomic mass is 10.1. The summed E-state index contributed by atoms with van der Waals surface area (Å²) in [6.45, 7) is 0.877. The van der Waals surface area contributed by atoms with Gasteiger partial charge >= 0.3 is 12.3 Å². The maximum Gasteiger partial charge on any atom is 0.510 e. The van der Waals surface area contributed by atoms with Gasteiger partial charge < -0.3 is 14.8 Å². The Hall–Kier alpha value is -1.10. The number of thioether (sulfide) groups is 1. The molecule has 11 heteroatoms. The van der Waals surface area contributed by atoms with Gasteiger partial charge in [0.25, 0.3) is 0 Å². The molecular formula is C8H8F3NO5S2. The SMILES string of the molecule is CC(=O)NC(C1OC(=O)OC1SC(=O)S)C(F)(F)F. The Morgan fingerprint density at radius 3 is 2.42 bits per heavy atom. The lowest BCUT2D eigenvalue weighted by Gasteiger charge is -2.26. The molecule has 0 radical (unpaired) electrons. The fourth-order valence-corrected chi connectivity index (χ4v) is 2.33. The fourth-order valence-electron chi connectivity index (χ4n) is 1.34. The number of nitrogens with one attached hydrogen (secondary N) is 1. The van der Waals surface area contributed by atoms with Gasteiger partial charge in [0.2, 0.25) is 10.4 Å². The minimum atomic E-state index is -4.87. The normalized spacial score (nSPS) is 24.4. The van der Waals surface area contributed by atoms with Crippen molar-refractivity contribution in [3.63, 3.8) is 0 Å². The molecule has 0 aromatic rings. The highest BCUT2D eigenvalue weighted by Gasteiger charge is 2.54. The van der Waals surface area contributed by atoms with Gasteiger partial charge in [0, 0.05) is 6.92 Å². The molecular weight excluding hydrogens is 311 g/mol. The van der Waals surface area contributed by atoms with Gasteiger partial charge in [0.1, 0.15) is 0 Å². The fraction of sp³-hybridized carbons (Fsp3) is 0.625. The number of ether oxygens (including phenoxy) is 2. The van der Waals surface area contributed by atoms with Crippen LogP contribution < -0.4 is 5.32 Å². The molecule has 0 bridgehead atoms. The van der Waals surface area contributed by atoms with Crippen LogP contribution in [0.25, 0.3) is 0 Å². The highest BCUT2D eigenvalue weighted by molar-refractivity contribution is 8.32. The Morgan fingerprint density at radius 1 is 1.42 bits per heavy atom. The summed E-state index contributed by atoms with van der Waals surface area (Å²) in [5.74, 6) is -0.966. The predicted octanol–water partition coefficient (Wildman–Crippen LogP) is 1.70. The first kappa shape index (κ1) is 16.0. The molecule has 1 N–H and O–H groups in total. The number of carbonyl (C=O) groups excluding carboxylic acids is 3. The summed E-state index contributed by atoms with van der Waals surface area (Å²) in [6, 6.07) is -2.47. The summed E-state index contributed by atoms with van der Waals surface area (Å²) in [5, 5.41) is 1.61. The van der Waals surface area contributed by atoms with E-state index in [1.165, 1.54) is 0 Å². The maximum atomic E-state index is 12.8. The smallest absolute Gasteiger partial charge is 0.423 e. The standard InChI is InChI=1S/C8H8F3NO5S2/c1-2(13)12-4(8(9,10)11)3-5(19-7(15)18)17-6(14)16-3/h3-5H,1H3,(H,12,13)(H,15,18). The Morgan fingerprint density at radius 2 is 2.00 bits per heavy atom. The Kier molecular flexibility index (Phi) is 4.96. The third-order valence-electron chi connectivity index (χ3n) is 1.97. The van der Waals surface area contributed by atoms with Crippen LogP contribution in [0, 0.1) is 0 Å². The minimum Gasteiger partial charge on any atom is -0.423 e. The summed E-state index contributed by atoms with van der Waals surface area (Å²) in [6.07, 6.45) is -8.09. The molecule has 1 aliphatic rings. The van der Waals surface area contributed by atoms with Crippen LogP contribution in [0.4, 0.5) is 22.8 Å². The van der Waals surface area contributed by atoms with Crippen molar-refractivity contribution in [2.75, 3.05) is 0 Å². The van der Waals surface area contributed by atoms with E-state index >= 15 is 0 Å². The van der Waals surface area contributed by atoms with E-state index in [4.69, 9.17) is 0 Å². The van der Waals surface area contributed by atoms with Gasteiger partial charge in [-0.05, 0) is 11.8 Å². The number of thiol groups is 1. The number of hydrogen-bond acceptors (Lipinski definition) is 6. The molecule has 0 saturated carbocycles. The van der Waals surface area contributed by atoms with Crippen molar-refractivity contribution < 1.29 is 37.0 Å². The van der Waals surface area contributed by atoms with E-state index < -0.39 is 40.3 Å². The molecule has 1 heterocycles. The van der Waals surface area contributed by atoms with Crippen molar-refractivity contribution in [1.82, 2.24) is 5.32 Å². The molecule has 19 heavy (non-hydrogen) atoms. The van der Waals surface area contributed by atoms with Crippen molar-refractivity contribution in [3.8, 4) is 0 Å².